The lowest BCUT2D eigenvalue weighted by Crippen LogP contribution is -2.36. The molecule has 0 radical (unpaired) electrons. The molecule has 1 aliphatic rings. The molecule has 0 heterocycles. The monoisotopic (exact) mass is 213 g/mol. The Morgan fingerprint density at radius 2 is 2.07 bits per heavy atom. The molecule has 3 heteroatoms. The Morgan fingerprint density at radius 3 is 2.53 bits per heavy atom. The fourth-order valence-electron chi connectivity index (χ4n) is 2.29. The van der Waals surface area contributed by atoms with Gasteiger partial charge in [0.05, 0.1) is 6.10 Å². The van der Waals surface area contributed by atoms with Crippen molar-refractivity contribution in [1.82, 2.24) is 5.32 Å². The molecule has 2 atom stereocenters. The van der Waals surface area contributed by atoms with E-state index >= 15 is 0 Å². The fraction of sp³-hybridized carbons (Fsp3) is 0.917. The lowest BCUT2D eigenvalue weighted by molar-refractivity contribution is -0.125. The van der Waals surface area contributed by atoms with E-state index in [0.717, 1.165) is 32.1 Å². The summed E-state index contributed by atoms with van der Waals surface area (Å²) in [4.78, 5) is 11.7. The van der Waals surface area contributed by atoms with Gasteiger partial charge in [-0.2, -0.15) is 0 Å². The van der Waals surface area contributed by atoms with Gasteiger partial charge in [-0.15, -0.1) is 0 Å². The number of amides is 1. The van der Waals surface area contributed by atoms with E-state index < -0.39 is 0 Å². The number of rotatable bonds is 5. The molecule has 1 fully saturated rings. The molecule has 1 rings (SSSR count). The first-order chi connectivity index (χ1) is 7.19. The fourth-order valence-corrected chi connectivity index (χ4v) is 2.29. The summed E-state index contributed by atoms with van der Waals surface area (Å²) in [5.41, 5.74) is 0. The van der Waals surface area contributed by atoms with Gasteiger partial charge in [-0.1, -0.05) is 20.3 Å². The highest BCUT2D eigenvalue weighted by molar-refractivity contribution is 5.78. The quantitative estimate of drug-likeness (QED) is 0.730. The van der Waals surface area contributed by atoms with Gasteiger partial charge in [-0.05, 0) is 25.7 Å². The largest absolute Gasteiger partial charge is 0.393 e. The highest BCUT2D eigenvalue weighted by Crippen LogP contribution is 2.24. The van der Waals surface area contributed by atoms with Crippen molar-refractivity contribution in [3.63, 3.8) is 0 Å². The third kappa shape index (κ3) is 3.49. The molecular weight excluding hydrogens is 190 g/mol. The lowest BCUT2D eigenvalue weighted by atomic mass is 10.0. The van der Waals surface area contributed by atoms with Gasteiger partial charge in [0, 0.05) is 18.4 Å². The van der Waals surface area contributed by atoms with E-state index in [4.69, 9.17) is 0 Å². The van der Waals surface area contributed by atoms with Crippen LogP contribution in [0.5, 0.6) is 0 Å². The zero-order valence-corrected chi connectivity index (χ0v) is 9.83. The average molecular weight is 213 g/mol. The standard InChI is InChI=1S/C12H23NO2/c1-3-9(4-2)12(15)13-8-10-6-5-7-11(10)14/h9-11,14H,3-8H2,1-2H3,(H,13,15). The molecule has 2 unspecified atom stereocenters. The smallest absolute Gasteiger partial charge is 0.223 e. The molecule has 0 spiro atoms. The van der Waals surface area contributed by atoms with Crippen molar-refractivity contribution in [3.8, 4) is 0 Å². The third-order valence-electron chi connectivity index (χ3n) is 3.51. The number of carbonyl (C=O) groups is 1. The summed E-state index contributed by atoms with van der Waals surface area (Å²) in [6.07, 6.45) is 4.63. The van der Waals surface area contributed by atoms with Gasteiger partial charge in [0.1, 0.15) is 0 Å². The number of aliphatic hydroxyl groups is 1. The van der Waals surface area contributed by atoms with Gasteiger partial charge in [-0.3, -0.25) is 4.79 Å². The minimum absolute atomic E-state index is 0.142. The molecule has 1 saturated carbocycles. The molecule has 0 aliphatic heterocycles. The first-order valence-corrected chi connectivity index (χ1v) is 6.14. The van der Waals surface area contributed by atoms with Crippen molar-refractivity contribution in [2.24, 2.45) is 11.8 Å². The molecule has 1 aliphatic carbocycles. The highest BCUT2D eigenvalue weighted by Gasteiger charge is 2.26. The number of carbonyl (C=O) groups excluding carboxylic acids is 1. The summed E-state index contributed by atoms with van der Waals surface area (Å²) >= 11 is 0. The molecule has 15 heavy (non-hydrogen) atoms. The summed E-state index contributed by atoms with van der Waals surface area (Å²) in [6.45, 7) is 4.73. The van der Waals surface area contributed by atoms with E-state index in [1.54, 1.807) is 0 Å². The maximum Gasteiger partial charge on any atom is 0.223 e. The number of nitrogens with one attached hydrogen (secondary N) is 1. The van der Waals surface area contributed by atoms with Crippen LogP contribution < -0.4 is 5.32 Å². The first kappa shape index (κ1) is 12.5. The summed E-state index contributed by atoms with van der Waals surface area (Å²) in [7, 11) is 0. The van der Waals surface area contributed by atoms with Crippen LogP contribution in [0.15, 0.2) is 0 Å². The van der Waals surface area contributed by atoms with Crippen LogP contribution in [0.2, 0.25) is 0 Å². The van der Waals surface area contributed by atoms with Gasteiger partial charge >= 0.3 is 0 Å². The van der Waals surface area contributed by atoms with Gasteiger partial charge in [0.2, 0.25) is 5.91 Å². The second-order valence-electron chi connectivity index (χ2n) is 4.52. The average Bonchev–Trinajstić information content (AvgIpc) is 2.63. The van der Waals surface area contributed by atoms with Gasteiger partial charge in [0.15, 0.2) is 0 Å². The Kier molecular flexibility index (Phi) is 5.09. The third-order valence-corrected chi connectivity index (χ3v) is 3.51. The Hall–Kier alpha value is -0.570. The van der Waals surface area contributed by atoms with E-state index in [-0.39, 0.29) is 23.8 Å². The molecule has 3 nitrogen and oxygen atoms in total. The Labute approximate surface area is 92.3 Å². The molecule has 0 aromatic heterocycles. The van der Waals surface area contributed by atoms with Crippen molar-refractivity contribution in [2.45, 2.75) is 52.1 Å². The summed E-state index contributed by atoms with van der Waals surface area (Å²) < 4.78 is 0. The second kappa shape index (κ2) is 6.11. The van der Waals surface area contributed by atoms with Crippen LogP contribution in [0.1, 0.15) is 46.0 Å². The minimum atomic E-state index is -0.202. The van der Waals surface area contributed by atoms with Gasteiger partial charge < -0.3 is 10.4 Å². The number of hydrogen-bond donors (Lipinski definition) is 2. The number of aliphatic hydroxyl groups excluding tert-OH is 1. The zero-order valence-electron chi connectivity index (χ0n) is 9.83. The van der Waals surface area contributed by atoms with Crippen LogP contribution in [-0.2, 0) is 4.79 Å². The van der Waals surface area contributed by atoms with Crippen LogP contribution in [0.3, 0.4) is 0 Å². The van der Waals surface area contributed by atoms with E-state index in [2.05, 4.69) is 5.32 Å². The lowest BCUT2D eigenvalue weighted by Gasteiger charge is -2.18. The van der Waals surface area contributed by atoms with Crippen molar-refractivity contribution in [2.75, 3.05) is 6.54 Å². The van der Waals surface area contributed by atoms with E-state index in [1.165, 1.54) is 0 Å². The Bertz CT molecular complexity index is 202. The number of hydrogen-bond acceptors (Lipinski definition) is 2. The van der Waals surface area contributed by atoms with Crippen molar-refractivity contribution >= 4 is 5.91 Å². The van der Waals surface area contributed by atoms with Crippen molar-refractivity contribution in [3.05, 3.63) is 0 Å². The van der Waals surface area contributed by atoms with Crippen molar-refractivity contribution in [1.29, 1.82) is 0 Å². The molecule has 1 amide bonds. The summed E-state index contributed by atoms with van der Waals surface area (Å²) in [5.74, 6) is 0.575. The maximum absolute atomic E-state index is 11.7. The van der Waals surface area contributed by atoms with E-state index in [1.807, 2.05) is 13.8 Å². The van der Waals surface area contributed by atoms with E-state index in [0.29, 0.717) is 6.54 Å². The van der Waals surface area contributed by atoms with Crippen LogP contribution in [0, 0.1) is 11.8 Å². The van der Waals surface area contributed by atoms with Crippen molar-refractivity contribution < 1.29 is 9.90 Å². The SMILES string of the molecule is CCC(CC)C(=O)NCC1CCCC1O. The first-order valence-electron chi connectivity index (χ1n) is 6.14. The summed E-state index contributed by atoms with van der Waals surface area (Å²) in [5, 5.41) is 12.6. The normalized spacial score (nSPS) is 25.9. The molecule has 0 saturated heterocycles. The Balaban J connectivity index is 2.26. The second-order valence-corrected chi connectivity index (χ2v) is 4.52. The highest BCUT2D eigenvalue weighted by atomic mass is 16.3. The predicted molar refractivity (Wildman–Crippen MR) is 60.4 cm³/mol. The summed E-state index contributed by atoms with van der Waals surface area (Å²) in [6, 6.07) is 0. The van der Waals surface area contributed by atoms with E-state index in [9.17, 15) is 9.90 Å². The molecule has 0 aromatic rings. The van der Waals surface area contributed by atoms with Crippen LogP contribution in [-0.4, -0.2) is 23.7 Å². The maximum atomic E-state index is 11.7. The molecule has 0 aromatic carbocycles. The van der Waals surface area contributed by atoms with Crippen LogP contribution in [0.25, 0.3) is 0 Å². The Morgan fingerprint density at radius 1 is 1.40 bits per heavy atom. The molecule has 88 valence electrons. The molecular formula is C12H23NO2. The zero-order chi connectivity index (χ0) is 11.3. The van der Waals surface area contributed by atoms with Crippen LogP contribution >= 0.6 is 0 Å². The molecule has 2 N–H and O–H groups in total. The molecule has 0 bridgehead atoms. The predicted octanol–water partition coefficient (Wildman–Crippen LogP) is 1.70. The van der Waals surface area contributed by atoms with Gasteiger partial charge in [0.25, 0.3) is 0 Å². The minimum Gasteiger partial charge on any atom is -0.393 e. The van der Waals surface area contributed by atoms with Crippen LogP contribution in [0.4, 0.5) is 0 Å². The topological polar surface area (TPSA) is 49.3 Å². The van der Waals surface area contributed by atoms with Gasteiger partial charge in [-0.25, -0.2) is 0 Å².